The number of H-pyrrole nitrogens is 1. The molecule has 3 N–H and O–H groups in total. The van der Waals surface area contributed by atoms with Gasteiger partial charge in [-0.05, 0) is 55.7 Å². The fourth-order valence-corrected chi connectivity index (χ4v) is 5.40. The van der Waals surface area contributed by atoms with Crippen LogP contribution in [0.25, 0.3) is 10.9 Å². The minimum absolute atomic E-state index is 0.0167. The molecule has 1 aliphatic carbocycles. The van der Waals surface area contributed by atoms with Crippen molar-refractivity contribution in [3.63, 3.8) is 0 Å². The van der Waals surface area contributed by atoms with Crippen LogP contribution in [0.2, 0.25) is 5.02 Å². The van der Waals surface area contributed by atoms with E-state index >= 15 is 0 Å². The van der Waals surface area contributed by atoms with Crippen LogP contribution in [0.5, 0.6) is 5.75 Å². The van der Waals surface area contributed by atoms with Crippen LogP contribution in [0.3, 0.4) is 0 Å². The van der Waals surface area contributed by atoms with Crippen molar-refractivity contribution in [3.8, 4) is 11.8 Å². The highest BCUT2D eigenvalue weighted by molar-refractivity contribution is 6.31. The lowest BCUT2D eigenvalue weighted by atomic mass is 9.81. The smallest absolute Gasteiger partial charge is 0.224 e. The molecule has 3 unspecified atom stereocenters. The van der Waals surface area contributed by atoms with Gasteiger partial charge < -0.3 is 20.4 Å². The monoisotopic (exact) mass is 512 g/mol. The standard InChI is InChI=1S/C27H33ClN4O4/c1-26(2,3)12-16(8-22(33)21-11-19-20(31-21)9-17(28)10-23(19)36-4)24(34)30-18(14-29)7-15-13-27(5-6-27)32-25(15)35/h9-11,15-16,18,31H,5-8,12-13H2,1-4H3,(H,30,34)(H,32,35). The zero-order chi connectivity index (χ0) is 26.3. The number of carbonyl (C=O) groups is 3. The van der Waals surface area contributed by atoms with Crippen LogP contribution in [0.4, 0.5) is 0 Å². The maximum Gasteiger partial charge on any atom is 0.224 e. The van der Waals surface area contributed by atoms with Gasteiger partial charge in [0.2, 0.25) is 11.8 Å². The van der Waals surface area contributed by atoms with Crippen molar-refractivity contribution < 1.29 is 19.1 Å². The number of amides is 2. The molecule has 1 aromatic heterocycles. The largest absolute Gasteiger partial charge is 0.496 e. The Morgan fingerprint density at radius 3 is 2.61 bits per heavy atom. The van der Waals surface area contributed by atoms with Gasteiger partial charge in [0.05, 0.1) is 24.4 Å². The van der Waals surface area contributed by atoms with Gasteiger partial charge in [0.15, 0.2) is 5.78 Å². The van der Waals surface area contributed by atoms with Gasteiger partial charge in [-0.2, -0.15) is 5.26 Å². The highest BCUT2D eigenvalue weighted by Gasteiger charge is 2.52. The Morgan fingerprint density at radius 1 is 1.31 bits per heavy atom. The molecule has 2 amide bonds. The fourth-order valence-electron chi connectivity index (χ4n) is 5.19. The Morgan fingerprint density at radius 2 is 2.03 bits per heavy atom. The molecule has 2 fully saturated rings. The van der Waals surface area contributed by atoms with Gasteiger partial charge in [-0.25, -0.2) is 0 Å². The molecule has 1 aliphatic heterocycles. The van der Waals surface area contributed by atoms with Crippen LogP contribution >= 0.6 is 11.6 Å². The summed E-state index contributed by atoms with van der Waals surface area (Å²) in [4.78, 5) is 42.0. The average Bonchev–Trinajstić information content (AvgIpc) is 3.27. The number of aromatic amines is 1. The van der Waals surface area contributed by atoms with Gasteiger partial charge in [-0.3, -0.25) is 14.4 Å². The van der Waals surface area contributed by atoms with Gasteiger partial charge in [0.1, 0.15) is 11.8 Å². The number of nitriles is 1. The molecule has 1 saturated heterocycles. The molecule has 9 heteroatoms. The van der Waals surface area contributed by atoms with Crippen LogP contribution < -0.4 is 15.4 Å². The van der Waals surface area contributed by atoms with E-state index < -0.39 is 12.0 Å². The van der Waals surface area contributed by atoms with Gasteiger partial charge in [-0.1, -0.05) is 32.4 Å². The van der Waals surface area contributed by atoms with Crippen molar-refractivity contribution in [3.05, 3.63) is 28.9 Å². The van der Waals surface area contributed by atoms with E-state index in [1.165, 1.54) is 7.11 Å². The summed E-state index contributed by atoms with van der Waals surface area (Å²) < 4.78 is 5.38. The number of aromatic nitrogens is 1. The van der Waals surface area contributed by atoms with Crippen molar-refractivity contribution in [1.82, 2.24) is 15.6 Å². The molecule has 0 radical (unpaired) electrons. The Hall–Kier alpha value is -3.05. The number of Topliss-reactive ketones (excluding diaryl/α,β-unsaturated/α-hetero) is 1. The molecule has 36 heavy (non-hydrogen) atoms. The molecule has 192 valence electrons. The Bertz CT molecular complexity index is 1230. The molecule has 3 atom stereocenters. The van der Waals surface area contributed by atoms with E-state index in [9.17, 15) is 19.6 Å². The first kappa shape index (κ1) is 26.0. The van der Waals surface area contributed by atoms with Gasteiger partial charge in [0, 0.05) is 34.2 Å². The van der Waals surface area contributed by atoms with Gasteiger partial charge in [-0.15, -0.1) is 0 Å². The Kier molecular flexibility index (Phi) is 7.07. The number of carbonyl (C=O) groups excluding carboxylic acids is 3. The third-order valence-corrected chi connectivity index (χ3v) is 7.31. The van der Waals surface area contributed by atoms with E-state index in [1.54, 1.807) is 18.2 Å². The molecule has 0 bridgehead atoms. The fraction of sp³-hybridized carbons (Fsp3) is 0.556. The topological polar surface area (TPSA) is 124 Å². The summed E-state index contributed by atoms with van der Waals surface area (Å²) in [5.41, 5.74) is 0.740. The van der Waals surface area contributed by atoms with E-state index in [0.717, 1.165) is 18.2 Å². The second-order valence-electron chi connectivity index (χ2n) is 11.4. The van der Waals surface area contributed by atoms with Crippen molar-refractivity contribution >= 4 is 40.1 Å². The maximum absolute atomic E-state index is 13.3. The van der Waals surface area contributed by atoms with Gasteiger partial charge >= 0.3 is 0 Å². The highest BCUT2D eigenvalue weighted by Crippen LogP contribution is 2.46. The first-order valence-electron chi connectivity index (χ1n) is 12.3. The quantitative estimate of drug-likeness (QED) is 0.426. The normalized spacial score (nSPS) is 20.0. The molecular formula is C27H33ClN4O4. The SMILES string of the molecule is COc1cc(Cl)cc2[nH]c(C(=O)CC(CC(C)(C)C)C(=O)NC(C#N)CC3CC4(CC4)NC3=O)cc12. The van der Waals surface area contributed by atoms with Crippen molar-refractivity contribution in [2.45, 2.75) is 70.9 Å². The number of methoxy groups -OCH3 is 1. The lowest BCUT2D eigenvalue weighted by Crippen LogP contribution is -2.41. The van der Waals surface area contributed by atoms with E-state index in [-0.39, 0.29) is 47.3 Å². The molecule has 1 saturated carbocycles. The number of rotatable bonds is 9. The van der Waals surface area contributed by atoms with Crippen LogP contribution in [0, 0.1) is 28.6 Å². The number of hydrogen-bond donors (Lipinski definition) is 3. The zero-order valence-corrected chi connectivity index (χ0v) is 21.9. The maximum atomic E-state index is 13.3. The van der Waals surface area contributed by atoms with E-state index in [4.69, 9.17) is 16.3 Å². The number of nitrogens with zero attached hydrogens (tertiary/aromatic N) is 1. The molecule has 2 aliphatic rings. The molecule has 1 spiro atoms. The lowest BCUT2D eigenvalue weighted by Gasteiger charge is -2.26. The minimum Gasteiger partial charge on any atom is -0.496 e. The number of ketones is 1. The summed E-state index contributed by atoms with van der Waals surface area (Å²) in [7, 11) is 1.54. The van der Waals surface area contributed by atoms with E-state index in [2.05, 4.69) is 21.7 Å². The minimum atomic E-state index is -0.792. The van der Waals surface area contributed by atoms with Crippen LogP contribution in [0.1, 0.15) is 69.8 Å². The molecule has 4 rings (SSSR count). The van der Waals surface area contributed by atoms with Crippen molar-refractivity contribution in [1.29, 1.82) is 5.26 Å². The second-order valence-corrected chi connectivity index (χ2v) is 11.9. The van der Waals surface area contributed by atoms with Crippen LogP contribution in [-0.4, -0.2) is 41.3 Å². The second kappa shape index (κ2) is 9.78. The predicted octanol–water partition coefficient (Wildman–Crippen LogP) is 4.52. The molecule has 2 heterocycles. The number of hydrogen-bond acceptors (Lipinski definition) is 5. The number of fused-ring (bicyclic) bond motifs is 1. The van der Waals surface area contributed by atoms with Crippen LogP contribution in [-0.2, 0) is 9.59 Å². The molecule has 1 aromatic carbocycles. The molecule has 2 aromatic rings. The highest BCUT2D eigenvalue weighted by atomic mass is 35.5. The summed E-state index contributed by atoms with van der Waals surface area (Å²) in [5, 5.41) is 16.8. The Labute approximate surface area is 216 Å². The zero-order valence-electron chi connectivity index (χ0n) is 21.2. The average molecular weight is 513 g/mol. The first-order chi connectivity index (χ1) is 16.9. The van der Waals surface area contributed by atoms with E-state index in [1.807, 2.05) is 20.8 Å². The summed E-state index contributed by atoms with van der Waals surface area (Å²) in [6, 6.07) is 6.46. The van der Waals surface area contributed by atoms with Gasteiger partial charge in [0.25, 0.3) is 0 Å². The number of ether oxygens (including phenoxy) is 1. The third-order valence-electron chi connectivity index (χ3n) is 7.09. The summed E-state index contributed by atoms with van der Waals surface area (Å²) >= 11 is 6.15. The summed E-state index contributed by atoms with van der Waals surface area (Å²) in [5.74, 6) is -0.963. The summed E-state index contributed by atoms with van der Waals surface area (Å²) in [6.45, 7) is 6.02. The molecule has 8 nitrogen and oxygen atoms in total. The number of nitrogens with one attached hydrogen (secondary N) is 3. The number of benzene rings is 1. The lowest BCUT2D eigenvalue weighted by molar-refractivity contribution is -0.127. The predicted molar refractivity (Wildman–Crippen MR) is 137 cm³/mol. The van der Waals surface area contributed by atoms with Crippen LogP contribution in [0.15, 0.2) is 18.2 Å². The van der Waals surface area contributed by atoms with Crippen molar-refractivity contribution in [2.24, 2.45) is 17.3 Å². The van der Waals surface area contributed by atoms with Crippen molar-refractivity contribution in [2.75, 3.05) is 7.11 Å². The summed E-state index contributed by atoms with van der Waals surface area (Å²) in [6.07, 6.45) is 3.37. The van der Waals surface area contributed by atoms with E-state index in [0.29, 0.717) is 34.8 Å². The third kappa shape index (κ3) is 5.84. The Balaban J connectivity index is 1.47. The first-order valence-corrected chi connectivity index (χ1v) is 12.7. The molecular weight excluding hydrogens is 480 g/mol. The number of halogens is 1.